The summed E-state index contributed by atoms with van der Waals surface area (Å²) in [5, 5.41) is 0. The number of benzene rings is 2. The molecule has 0 saturated carbocycles. The third-order valence-electron chi connectivity index (χ3n) is 17.6. The van der Waals surface area contributed by atoms with Gasteiger partial charge in [-0.15, -0.1) is 0 Å². The van der Waals surface area contributed by atoms with Crippen molar-refractivity contribution >= 4 is 45.3 Å². The number of ether oxygens (including phenoxy) is 6. The molecule has 0 aromatic heterocycles. The van der Waals surface area contributed by atoms with E-state index < -0.39 is 64.9 Å². The first-order valence-corrected chi connectivity index (χ1v) is 42.4. The summed E-state index contributed by atoms with van der Waals surface area (Å²) >= 11 is 0. The van der Waals surface area contributed by atoms with Crippen molar-refractivity contribution in [3.8, 4) is 11.5 Å². The third-order valence-corrected chi connectivity index (χ3v) is 19.6. The van der Waals surface area contributed by atoms with Crippen molar-refractivity contribution in [3.05, 3.63) is 59.7 Å². The normalized spacial score (nSPS) is 13.6. The van der Waals surface area contributed by atoms with Gasteiger partial charge in [-0.05, 0) is 87.1 Å². The molecule has 0 saturated heterocycles. The third kappa shape index (κ3) is 56.1. The van der Waals surface area contributed by atoms with E-state index in [9.17, 15) is 42.9 Å². The van der Waals surface area contributed by atoms with Crippen LogP contribution >= 0.6 is 15.6 Å². The highest BCUT2D eigenvalue weighted by molar-refractivity contribution is 7.47. The second-order valence-corrected chi connectivity index (χ2v) is 32.5. The summed E-state index contributed by atoms with van der Waals surface area (Å²) in [6, 6.07) is 14.5. The van der Waals surface area contributed by atoms with E-state index in [1.165, 1.54) is 89.9 Å². The molecule has 2 rings (SSSR count). The van der Waals surface area contributed by atoms with E-state index in [2.05, 4.69) is 13.8 Å². The van der Waals surface area contributed by atoms with Crippen LogP contribution in [0.15, 0.2) is 48.5 Å². The van der Waals surface area contributed by atoms with Crippen LogP contribution in [0.5, 0.6) is 11.5 Å². The molecule has 0 amide bonds. The fraction of sp³-hybridized carbons (Fsp3) is 0.785. The topological polar surface area (TPSA) is 252 Å². The Morgan fingerprint density at radius 3 is 0.863 bits per heavy atom. The Kier molecular flexibility index (Phi) is 54.1. The minimum Gasteiger partial charge on any atom is -0.494 e. The number of unbranched alkanes of at least 4 members (excludes halogenated alkanes) is 34. The molecule has 0 bridgehead atoms. The van der Waals surface area contributed by atoms with Crippen molar-refractivity contribution in [3.63, 3.8) is 0 Å². The van der Waals surface area contributed by atoms with Crippen LogP contribution in [-0.4, -0.2) is 169 Å². The lowest BCUT2D eigenvalue weighted by Crippen LogP contribution is -2.37. The average Bonchev–Trinajstić information content (AvgIpc) is 0.847. The minimum atomic E-state index is -4.43. The summed E-state index contributed by atoms with van der Waals surface area (Å²) in [7, 11) is 2.75. The fourth-order valence-corrected chi connectivity index (χ4v) is 12.7. The molecule has 23 heteroatoms. The number of quaternary nitrogens is 2. The van der Waals surface area contributed by atoms with Gasteiger partial charge < -0.3 is 47.2 Å². The summed E-state index contributed by atoms with van der Waals surface area (Å²) in [6.07, 6.45) is 39.4. The Morgan fingerprint density at radius 1 is 0.333 bits per heavy atom. The van der Waals surface area contributed by atoms with E-state index in [1.54, 1.807) is 24.3 Å². The van der Waals surface area contributed by atoms with Gasteiger partial charge >= 0.3 is 39.5 Å². The lowest BCUT2D eigenvalue weighted by atomic mass is 10.0. The maximum absolute atomic E-state index is 13.3. The summed E-state index contributed by atoms with van der Waals surface area (Å²) in [5.74, 6) is -0.429. The molecule has 102 heavy (non-hydrogen) atoms. The quantitative estimate of drug-likeness (QED) is 0.0156. The van der Waals surface area contributed by atoms with Crippen LogP contribution in [-0.2, 0) is 65.4 Å². The number of ketones is 1. The molecule has 0 radical (unpaired) electrons. The van der Waals surface area contributed by atoms with Crippen LogP contribution in [0, 0.1) is 0 Å². The van der Waals surface area contributed by atoms with Gasteiger partial charge in [-0.2, -0.15) is 0 Å². The number of nitrogens with zero attached hydrogens (tertiary/aromatic N) is 2. The monoisotopic (exact) mass is 1480 g/mol. The number of hydrogen-bond acceptors (Lipinski definition) is 17. The fourth-order valence-electron chi connectivity index (χ4n) is 11.2. The Labute approximate surface area is 616 Å². The van der Waals surface area contributed by atoms with Crippen molar-refractivity contribution in [2.24, 2.45) is 0 Å². The van der Waals surface area contributed by atoms with E-state index in [4.69, 9.17) is 46.5 Å². The molecular formula is C79H140N2O19P2+2. The predicted octanol–water partition coefficient (Wildman–Crippen LogP) is 18.7. The van der Waals surface area contributed by atoms with Crippen molar-refractivity contribution < 1.29 is 98.4 Å². The minimum absolute atomic E-state index is 0.000422. The molecule has 0 heterocycles. The maximum atomic E-state index is 13.3. The molecular weight excluding hydrogens is 1340 g/mol. The molecule has 0 aliphatic rings. The number of esters is 4. The van der Waals surface area contributed by atoms with Crippen LogP contribution in [0.3, 0.4) is 0 Å². The Balaban J connectivity index is 1.58. The smallest absolute Gasteiger partial charge is 0.472 e. The summed E-state index contributed by atoms with van der Waals surface area (Å²) < 4.78 is 81.0. The number of phosphoric ester groups is 2. The Hall–Kier alpha value is -4.27. The van der Waals surface area contributed by atoms with Gasteiger partial charge in [0.05, 0.1) is 68.7 Å². The predicted molar refractivity (Wildman–Crippen MR) is 404 cm³/mol. The molecule has 2 aromatic rings. The van der Waals surface area contributed by atoms with Gasteiger partial charge in [0.2, 0.25) is 0 Å². The largest absolute Gasteiger partial charge is 0.494 e. The lowest BCUT2D eigenvalue weighted by molar-refractivity contribution is -0.870. The van der Waals surface area contributed by atoms with Gasteiger partial charge in [0.25, 0.3) is 0 Å². The molecule has 0 spiro atoms. The van der Waals surface area contributed by atoms with Crippen LogP contribution < -0.4 is 9.47 Å². The highest BCUT2D eigenvalue weighted by atomic mass is 31.2. The Morgan fingerprint density at radius 2 is 0.588 bits per heavy atom. The van der Waals surface area contributed by atoms with Gasteiger partial charge in [-0.25, -0.2) is 9.13 Å². The SMILES string of the molecule is CCCCCCCCCCCCCC(=O)O[C@H](COC(=O)CCCCCCCCCCOc1ccc(C(=O)c2ccc(OCCCCCCCCCCC(=O)OC[C@H](COP(=O)(O)OCC[N+](C)(C)C)OC(=O)CCCCCCCCCCCCC)cc2)cc1)COP(=O)(O)OCC[N+](C)(C)C. The van der Waals surface area contributed by atoms with Crippen molar-refractivity contribution in [1.29, 1.82) is 0 Å². The Bertz CT molecular complexity index is 2390. The zero-order chi connectivity index (χ0) is 74.8. The average molecular weight is 1480 g/mol. The van der Waals surface area contributed by atoms with Gasteiger partial charge in [0, 0.05) is 36.8 Å². The molecule has 0 aliphatic carbocycles. The van der Waals surface area contributed by atoms with Crippen LogP contribution in [0.4, 0.5) is 0 Å². The molecule has 0 aliphatic heterocycles. The maximum Gasteiger partial charge on any atom is 0.472 e. The standard InChI is InChI=1S/C79H138N2O19P2/c1-9-11-13-15-17-19-21-23-31-37-43-49-77(84)99-73(67-97-101(87,88)95-63-59-80(3,4)5)65-93-75(82)47-41-35-29-25-27-33-39-45-61-91-71-55-51-69(52-56-71)79(86)70-53-57-72(58-54-70)92-62-46-40-34-28-26-30-36-42-48-76(83)94-66-74(68-98-102(89,90)96-64-60-81(6,7)8)100-78(85)50-44-38-32-24-22-20-18-16-14-12-10-2/h51-58,73-74H,9-50,59-68H2,1-8H3/p+2/t73-,74-/m1/s1. The number of hydrogen-bond donors (Lipinski definition) is 2. The van der Waals surface area contributed by atoms with Crippen LogP contribution in [0.1, 0.15) is 299 Å². The van der Waals surface area contributed by atoms with E-state index in [-0.39, 0.29) is 57.9 Å². The molecule has 4 atom stereocenters. The van der Waals surface area contributed by atoms with Crippen molar-refractivity contribution in [2.45, 2.75) is 296 Å². The van der Waals surface area contributed by atoms with Gasteiger partial charge in [-0.3, -0.25) is 42.1 Å². The van der Waals surface area contributed by atoms with E-state index >= 15 is 0 Å². The lowest BCUT2D eigenvalue weighted by Gasteiger charge is -2.24. The zero-order valence-corrected chi connectivity index (χ0v) is 66.5. The first kappa shape index (κ1) is 93.8. The van der Waals surface area contributed by atoms with E-state index in [0.29, 0.717) is 83.6 Å². The molecule has 2 N–H and O–H groups in total. The molecule has 2 aromatic carbocycles. The first-order valence-electron chi connectivity index (χ1n) is 39.4. The highest BCUT2D eigenvalue weighted by Gasteiger charge is 2.29. The summed E-state index contributed by atoms with van der Waals surface area (Å²) in [5.41, 5.74) is 1.15. The number of phosphoric acid groups is 2. The first-order chi connectivity index (χ1) is 48.9. The van der Waals surface area contributed by atoms with Crippen molar-refractivity contribution in [2.75, 3.05) is 108 Å². The van der Waals surface area contributed by atoms with Crippen LogP contribution in [0.25, 0.3) is 0 Å². The van der Waals surface area contributed by atoms with Crippen LogP contribution in [0.2, 0.25) is 0 Å². The highest BCUT2D eigenvalue weighted by Crippen LogP contribution is 2.44. The number of carbonyl (C=O) groups excluding carboxylic acids is 5. The summed E-state index contributed by atoms with van der Waals surface area (Å²) in [6.45, 7) is 5.12. The molecule has 588 valence electrons. The molecule has 0 fully saturated rings. The summed E-state index contributed by atoms with van der Waals surface area (Å²) in [4.78, 5) is 84.8. The van der Waals surface area contributed by atoms with Gasteiger partial charge in [-0.1, -0.05) is 219 Å². The zero-order valence-electron chi connectivity index (χ0n) is 64.7. The van der Waals surface area contributed by atoms with Crippen molar-refractivity contribution in [1.82, 2.24) is 0 Å². The molecule has 21 nitrogen and oxygen atoms in total. The number of carbonyl (C=O) groups is 5. The van der Waals surface area contributed by atoms with E-state index in [0.717, 1.165) is 128 Å². The van der Waals surface area contributed by atoms with Gasteiger partial charge in [0.15, 0.2) is 18.0 Å². The number of likely N-dealkylation sites (N-methyl/N-ethyl adjacent to an activating group) is 2. The van der Waals surface area contributed by atoms with Gasteiger partial charge in [0.1, 0.15) is 51.0 Å². The second-order valence-electron chi connectivity index (χ2n) is 29.6. The molecule has 2 unspecified atom stereocenters. The second kappa shape index (κ2) is 58.9. The van der Waals surface area contributed by atoms with E-state index in [1.807, 2.05) is 66.6 Å². The number of rotatable bonds is 70.